The Morgan fingerprint density at radius 2 is 2.50 bits per heavy atom. The summed E-state index contributed by atoms with van der Waals surface area (Å²) in [7, 11) is 0. The highest BCUT2D eigenvalue weighted by atomic mass is 16.1. The number of carbonyl (C=O) groups is 1. The first-order valence-electron chi connectivity index (χ1n) is 2.84. The van der Waals surface area contributed by atoms with Crippen LogP contribution in [0.2, 0.25) is 0 Å². The lowest BCUT2D eigenvalue weighted by Crippen LogP contribution is -2.07. The van der Waals surface area contributed by atoms with Gasteiger partial charge in [-0.2, -0.15) is 5.10 Å². The summed E-state index contributed by atoms with van der Waals surface area (Å²) < 4.78 is 0. The highest BCUT2D eigenvalue weighted by molar-refractivity contribution is 5.87. The van der Waals surface area contributed by atoms with Gasteiger partial charge in [0.25, 0.3) is 0 Å². The summed E-state index contributed by atoms with van der Waals surface area (Å²) in [5.74, 6) is 0.343. The third-order valence-corrected chi connectivity index (χ3v) is 0.876. The van der Waals surface area contributed by atoms with Crippen molar-refractivity contribution in [3.8, 4) is 0 Å². The normalized spacial score (nSPS) is 8.90. The molecule has 0 aliphatic rings. The number of hydrogen-bond acceptors (Lipinski definition) is 3. The van der Waals surface area contributed by atoms with Gasteiger partial charge in [-0.3, -0.25) is 4.79 Å². The number of aromatic nitrogens is 2. The molecule has 4 heteroatoms. The number of anilines is 1. The van der Waals surface area contributed by atoms with E-state index in [2.05, 4.69) is 15.5 Å². The monoisotopic (exact) mass is 137 g/mol. The first-order chi connectivity index (χ1) is 4.79. The van der Waals surface area contributed by atoms with Crippen molar-refractivity contribution < 1.29 is 4.79 Å². The first kappa shape index (κ1) is 6.67. The van der Waals surface area contributed by atoms with Crippen LogP contribution in [-0.2, 0) is 4.79 Å². The van der Waals surface area contributed by atoms with Crippen LogP contribution in [0.5, 0.6) is 0 Å². The van der Waals surface area contributed by atoms with Gasteiger partial charge >= 0.3 is 0 Å². The summed E-state index contributed by atoms with van der Waals surface area (Å²) in [6.07, 6.45) is 1.55. The van der Waals surface area contributed by atoms with E-state index in [9.17, 15) is 4.79 Å². The summed E-state index contributed by atoms with van der Waals surface area (Å²) in [6.45, 7) is 1.43. The molecule has 4 nitrogen and oxygen atoms in total. The van der Waals surface area contributed by atoms with Crippen LogP contribution in [-0.4, -0.2) is 16.1 Å². The van der Waals surface area contributed by atoms with Crippen LogP contribution in [0.1, 0.15) is 6.92 Å². The number of carbonyl (C=O) groups excluding carboxylic acids is 1. The van der Waals surface area contributed by atoms with Gasteiger partial charge in [0.05, 0.1) is 0 Å². The van der Waals surface area contributed by atoms with Gasteiger partial charge < -0.3 is 5.32 Å². The maximum absolute atomic E-state index is 10.4. The minimum absolute atomic E-state index is 0.138. The maximum Gasteiger partial charge on any atom is 0.222 e. The van der Waals surface area contributed by atoms with E-state index in [1.54, 1.807) is 18.3 Å². The molecule has 1 aromatic rings. The highest BCUT2D eigenvalue weighted by Crippen LogP contribution is 1.95. The van der Waals surface area contributed by atoms with Gasteiger partial charge in [0.1, 0.15) is 0 Å². The number of nitrogens with zero attached hydrogens (tertiary/aromatic N) is 2. The molecular formula is C6H7N3O. The zero-order valence-corrected chi connectivity index (χ0v) is 5.53. The summed E-state index contributed by atoms with van der Waals surface area (Å²) in [6, 6.07) is 3.38. The van der Waals surface area contributed by atoms with Gasteiger partial charge in [0.2, 0.25) is 5.91 Å². The quantitative estimate of drug-likeness (QED) is 0.610. The van der Waals surface area contributed by atoms with Crippen LogP contribution in [0.15, 0.2) is 18.3 Å². The van der Waals surface area contributed by atoms with Crippen molar-refractivity contribution in [2.45, 2.75) is 6.92 Å². The molecule has 0 saturated heterocycles. The Labute approximate surface area is 58.3 Å². The molecule has 0 spiro atoms. The summed E-state index contributed by atoms with van der Waals surface area (Å²) in [5.41, 5.74) is 0. The van der Waals surface area contributed by atoms with Crippen molar-refractivity contribution in [2.75, 3.05) is 5.32 Å². The third kappa shape index (κ3) is 1.81. The smallest absolute Gasteiger partial charge is 0.222 e. The zero-order valence-electron chi connectivity index (χ0n) is 5.53. The number of amides is 1. The molecule has 1 aromatic heterocycles. The lowest BCUT2D eigenvalue weighted by molar-refractivity contribution is -0.114. The van der Waals surface area contributed by atoms with Crippen LogP contribution in [0, 0.1) is 0 Å². The molecule has 10 heavy (non-hydrogen) atoms. The van der Waals surface area contributed by atoms with E-state index in [-0.39, 0.29) is 5.91 Å². The van der Waals surface area contributed by atoms with Crippen LogP contribution >= 0.6 is 0 Å². The molecule has 0 aliphatic heterocycles. The van der Waals surface area contributed by atoms with Crippen molar-refractivity contribution in [3.05, 3.63) is 18.3 Å². The first-order valence-corrected chi connectivity index (χ1v) is 2.84. The summed E-state index contributed by atoms with van der Waals surface area (Å²) in [5, 5.41) is 9.70. The second-order valence-electron chi connectivity index (χ2n) is 1.79. The van der Waals surface area contributed by atoms with Gasteiger partial charge in [0.15, 0.2) is 5.82 Å². The van der Waals surface area contributed by atoms with Gasteiger partial charge in [-0.15, -0.1) is 5.10 Å². The second-order valence-corrected chi connectivity index (χ2v) is 1.79. The SMILES string of the molecule is CC(=O)Nc1cccnn1. The summed E-state index contributed by atoms with van der Waals surface area (Å²) in [4.78, 5) is 10.4. The number of nitrogens with one attached hydrogen (secondary N) is 1. The average Bonchev–Trinajstić information content (AvgIpc) is 1.88. The number of hydrogen-bond donors (Lipinski definition) is 1. The van der Waals surface area contributed by atoms with Crippen molar-refractivity contribution in [2.24, 2.45) is 0 Å². The lowest BCUT2D eigenvalue weighted by Gasteiger charge is -1.95. The van der Waals surface area contributed by atoms with Crippen molar-refractivity contribution >= 4 is 11.7 Å². The van der Waals surface area contributed by atoms with Gasteiger partial charge in [0, 0.05) is 13.1 Å². The molecule has 52 valence electrons. The average molecular weight is 137 g/mol. The zero-order chi connectivity index (χ0) is 7.40. The van der Waals surface area contributed by atoms with E-state index in [1.165, 1.54) is 6.92 Å². The van der Waals surface area contributed by atoms with E-state index in [0.717, 1.165) is 0 Å². The Bertz CT molecular complexity index is 222. The molecule has 1 rings (SSSR count). The number of rotatable bonds is 1. The Hall–Kier alpha value is -1.45. The van der Waals surface area contributed by atoms with E-state index in [1.807, 2.05) is 0 Å². The molecule has 0 fully saturated rings. The van der Waals surface area contributed by atoms with Gasteiger partial charge in [-0.25, -0.2) is 0 Å². The van der Waals surface area contributed by atoms with E-state index >= 15 is 0 Å². The topological polar surface area (TPSA) is 54.9 Å². The molecule has 1 heterocycles. The fourth-order valence-electron chi connectivity index (χ4n) is 0.549. The molecule has 0 radical (unpaired) electrons. The predicted molar refractivity (Wildman–Crippen MR) is 36.3 cm³/mol. The molecule has 0 unspecified atom stereocenters. The molecule has 1 N–H and O–H groups in total. The highest BCUT2D eigenvalue weighted by Gasteiger charge is 1.92. The fourth-order valence-corrected chi connectivity index (χ4v) is 0.549. The predicted octanol–water partition coefficient (Wildman–Crippen LogP) is 0.435. The second kappa shape index (κ2) is 2.91. The van der Waals surface area contributed by atoms with E-state index in [4.69, 9.17) is 0 Å². The summed E-state index contributed by atoms with van der Waals surface area (Å²) >= 11 is 0. The van der Waals surface area contributed by atoms with Crippen molar-refractivity contribution in [1.29, 1.82) is 0 Å². The fraction of sp³-hybridized carbons (Fsp3) is 0.167. The third-order valence-electron chi connectivity index (χ3n) is 0.876. The maximum atomic E-state index is 10.4. The molecule has 0 saturated carbocycles. The van der Waals surface area contributed by atoms with Crippen LogP contribution in [0.3, 0.4) is 0 Å². The Balaban J connectivity index is 2.67. The van der Waals surface area contributed by atoms with Crippen LogP contribution < -0.4 is 5.32 Å². The van der Waals surface area contributed by atoms with Gasteiger partial charge in [-0.1, -0.05) is 0 Å². The molecule has 0 bridgehead atoms. The molecule has 0 aromatic carbocycles. The molecule has 0 atom stereocenters. The molecule has 0 aliphatic carbocycles. The molecule has 1 amide bonds. The Kier molecular flexibility index (Phi) is 1.94. The van der Waals surface area contributed by atoms with Crippen molar-refractivity contribution in [3.63, 3.8) is 0 Å². The minimum Gasteiger partial charge on any atom is -0.309 e. The lowest BCUT2D eigenvalue weighted by atomic mass is 10.5. The van der Waals surface area contributed by atoms with Crippen molar-refractivity contribution in [1.82, 2.24) is 10.2 Å². The Morgan fingerprint density at radius 1 is 1.70 bits per heavy atom. The molecular weight excluding hydrogens is 130 g/mol. The van der Waals surface area contributed by atoms with E-state index in [0.29, 0.717) is 5.82 Å². The van der Waals surface area contributed by atoms with Gasteiger partial charge in [-0.05, 0) is 12.1 Å². The largest absolute Gasteiger partial charge is 0.309 e. The standard InChI is InChI=1S/C6H7N3O/c1-5(10)8-6-3-2-4-7-9-6/h2-4H,1H3,(H,8,9,10). The van der Waals surface area contributed by atoms with Crippen LogP contribution in [0.25, 0.3) is 0 Å². The van der Waals surface area contributed by atoms with Crippen LogP contribution in [0.4, 0.5) is 5.82 Å². The Morgan fingerprint density at radius 3 is 3.00 bits per heavy atom. The van der Waals surface area contributed by atoms with E-state index < -0.39 is 0 Å². The minimum atomic E-state index is -0.138.